The molecule has 2 heterocycles. The summed E-state index contributed by atoms with van der Waals surface area (Å²) in [6, 6.07) is 9.69. The summed E-state index contributed by atoms with van der Waals surface area (Å²) in [5.41, 5.74) is 2.53. The molecule has 1 unspecified atom stereocenters. The Bertz CT molecular complexity index is 1300. The summed E-state index contributed by atoms with van der Waals surface area (Å²) in [6.45, 7) is 3.82. The summed E-state index contributed by atoms with van der Waals surface area (Å²) >= 11 is 9.82. The summed E-state index contributed by atoms with van der Waals surface area (Å²) in [5, 5.41) is 13.3. The van der Waals surface area contributed by atoms with Crippen molar-refractivity contribution in [2.45, 2.75) is 44.9 Å². The number of carboxylic acid groups (broad SMARTS) is 1. The van der Waals surface area contributed by atoms with E-state index in [4.69, 9.17) is 16.6 Å². The lowest BCUT2D eigenvalue weighted by Crippen LogP contribution is -2.33. The van der Waals surface area contributed by atoms with Crippen LogP contribution in [-0.2, 0) is 4.79 Å². The maximum atomic E-state index is 14.0. The molecule has 0 radical (unpaired) electrons. The number of piperidine rings is 1. The van der Waals surface area contributed by atoms with Crippen LogP contribution in [0.2, 0.25) is 5.02 Å². The highest BCUT2D eigenvalue weighted by Gasteiger charge is 2.24. The number of carbonyl (C=O) groups excluding carboxylic acids is 1. The number of aromatic nitrogens is 1. The minimum atomic E-state index is -0.967. The third-order valence-corrected chi connectivity index (χ3v) is 7.50. The zero-order chi connectivity index (χ0) is 25.8. The molecule has 3 aromatic rings. The second-order valence-corrected chi connectivity index (χ2v) is 10.5. The van der Waals surface area contributed by atoms with E-state index in [0.717, 1.165) is 52.7 Å². The molecule has 1 fully saturated rings. The Hall–Kier alpha value is -2.71. The fourth-order valence-electron chi connectivity index (χ4n) is 4.82. The molecule has 1 aromatic heterocycles. The number of halogens is 3. The van der Waals surface area contributed by atoms with Crippen LogP contribution in [0, 0.1) is 12.7 Å². The molecule has 1 saturated heterocycles. The van der Waals surface area contributed by atoms with Crippen LogP contribution in [0.25, 0.3) is 10.9 Å². The van der Waals surface area contributed by atoms with Crippen molar-refractivity contribution in [3.63, 3.8) is 0 Å². The number of carboxylic acids is 1. The number of anilines is 1. The number of rotatable bonds is 8. The van der Waals surface area contributed by atoms with Crippen LogP contribution in [0.3, 0.4) is 0 Å². The molecule has 0 bridgehead atoms. The van der Waals surface area contributed by atoms with E-state index in [1.165, 1.54) is 24.6 Å². The Kier molecular flexibility index (Phi) is 8.46. The molecular weight excluding hydrogens is 549 g/mol. The summed E-state index contributed by atoms with van der Waals surface area (Å²) in [5.74, 6) is -1.37. The second-order valence-electron chi connectivity index (χ2n) is 9.15. The van der Waals surface area contributed by atoms with Gasteiger partial charge in [0.15, 0.2) is 0 Å². The summed E-state index contributed by atoms with van der Waals surface area (Å²) in [4.78, 5) is 32.0. The topological polar surface area (TPSA) is 82.5 Å². The van der Waals surface area contributed by atoms with Crippen molar-refractivity contribution in [1.29, 1.82) is 0 Å². The SMILES string of the molecule is Cc1c(N2CCCCC2)nc2ccc(Br)cc2c1C(=O)NCC(CCC(=O)O)c1cc(F)ccc1Cl. The Morgan fingerprint density at radius 2 is 1.94 bits per heavy atom. The van der Waals surface area contributed by atoms with Crippen molar-refractivity contribution in [3.8, 4) is 0 Å². The van der Waals surface area contributed by atoms with Gasteiger partial charge in [-0.1, -0.05) is 27.5 Å². The highest BCUT2D eigenvalue weighted by molar-refractivity contribution is 9.10. The van der Waals surface area contributed by atoms with E-state index >= 15 is 0 Å². The molecule has 1 aliphatic heterocycles. The first-order valence-electron chi connectivity index (χ1n) is 12.0. The van der Waals surface area contributed by atoms with Gasteiger partial charge in [-0.3, -0.25) is 9.59 Å². The van der Waals surface area contributed by atoms with Crippen molar-refractivity contribution < 1.29 is 19.1 Å². The molecular formula is C27H28BrClFN3O3. The number of pyridine rings is 1. The van der Waals surface area contributed by atoms with Crippen molar-refractivity contribution in [2.75, 3.05) is 24.5 Å². The number of amides is 1. The minimum absolute atomic E-state index is 0.117. The van der Waals surface area contributed by atoms with Gasteiger partial charge in [0, 0.05) is 52.4 Å². The van der Waals surface area contributed by atoms with Gasteiger partial charge in [-0.15, -0.1) is 0 Å². The zero-order valence-electron chi connectivity index (χ0n) is 20.0. The fourth-order valence-corrected chi connectivity index (χ4v) is 5.45. The monoisotopic (exact) mass is 575 g/mol. The van der Waals surface area contributed by atoms with Crippen LogP contribution in [0.5, 0.6) is 0 Å². The average Bonchev–Trinajstić information content (AvgIpc) is 2.85. The molecule has 36 heavy (non-hydrogen) atoms. The van der Waals surface area contributed by atoms with Gasteiger partial charge in [-0.25, -0.2) is 9.37 Å². The van der Waals surface area contributed by atoms with E-state index in [1.54, 1.807) is 0 Å². The van der Waals surface area contributed by atoms with Crippen molar-refractivity contribution in [2.24, 2.45) is 0 Å². The lowest BCUT2D eigenvalue weighted by atomic mass is 9.93. The van der Waals surface area contributed by atoms with Crippen LogP contribution >= 0.6 is 27.5 Å². The Labute approximate surface area is 223 Å². The van der Waals surface area contributed by atoms with Crippen LogP contribution in [0.15, 0.2) is 40.9 Å². The standard InChI is InChI=1S/C27H28BrClFN3O3/c1-16-25(21-13-18(28)6-9-23(21)32-26(16)33-11-3-2-4-12-33)27(36)31-15-17(5-10-24(34)35)20-14-19(30)7-8-22(20)29/h6-9,13-14,17H,2-5,10-12,15H2,1H3,(H,31,36)(H,34,35). The zero-order valence-corrected chi connectivity index (χ0v) is 22.3. The summed E-state index contributed by atoms with van der Waals surface area (Å²) < 4.78 is 14.8. The molecule has 6 nitrogen and oxygen atoms in total. The number of aliphatic carboxylic acids is 1. The Balaban J connectivity index is 1.68. The Morgan fingerprint density at radius 1 is 1.19 bits per heavy atom. The lowest BCUT2D eigenvalue weighted by Gasteiger charge is -2.30. The van der Waals surface area contributed by atoms with Crippen molar-refractivity contribution in [3.05, 3.63) is 68.4 Å². The van der Waals surface area contributed by atoms with Gasteiger partial charge in [0.05, 0.1) is 11.1 Å². The third-order valence-electron chi connectivity index (χ3n) is 6.66. The van der Waals surface area contributed by atoms with E-state index in [9.17, 15) is 19.1 Å². The number of benzene rings is 2. The van der Waals surface area contributed by atoms with Gasteiger partial charge in [-0.2, -0.15) is 0 Å². The molecule has 2 N–H and O–H groups in total. The highest BCUT2D eigenvalue weighted by atomic mass is 79.9. The van der Waals surface area contributed by atoms with Crippen molar-refractivity contribution >= 4 is 56.1 Å². The van der Waals surface area contributed by atoms with Crippen molar-refractivity contribution in [1.82, 2.24) is 10.3 Å². The molecule has 1 atom stereocenters. The maximum Gasteiger partial charge on any atom is 0.303 e. The van der Waals surface area contributed by atoms with Gasteiger partial charge < -0.3 is 15.3 Å². The first kappa shape index (κ1) is 26.4. The van der Waals surface area contributed by atoms with Crippen LogP contribution < -0.4 is 10.2 Å². The maximum absolute atomic E-state index is 14.0. The fraction of sp³-hybridized carbons (Fsp3) is 0.370. The predicted molar refractivity (Wildman–Crippen MR) is 144 cm³/mol. The Morgan fingerprint density at radius 3 is 2.67 bits per heavy atom. The predicted octanol–water partition coefficient (Wildman–Crippen LogP) is 6.47. The number of nitrogens with zero attached hydrogens (tertiary/aromatic N) is 2. The third kappa shape index (κ3) is 5.98. The number of hydrogen-bond acceptors (Lipinski definition) is 4. The number of carbonyl (C=O) groups is 2. The van der Waals surface area contributed by atoms with Gasteiger partial charge in [-0.05, 0) is 74.6 Å². The minimum Gasteiger partial charge on any atom is -0.481 e. The van der Waals surface area contributed by atoms with Gasteiger partial charge in [0.2, 0.25) is 0 Å². The molecule has 0 spiro atoms. The molecule has 0 saturated carbocycles. The van der Waals surface area contributed by atoms with Gasteiger partial charge in [0.1, 0.15) is 11.6 Å². The molecule has 4 rings (SSSR count). The van der Waals surface area contributed by atoms with E-state index in [1.807, 2.05) is 25.1 Å². The number of fused-ring (bicyclic) bond motifs is 1. The molecule has 190 valence electrons. The van der Waals surface area contributed by atoms with Crippen LogP contribution in [0.4, 0.5) is 10.2 Å². The largest absolute Gasteiger partial charge is 0.481 e. The van der Waals surface area contributed by atoms with Gasteiger partial charge >= 0.3 is 5.97 Å². The molecule has 9 heteroatoms. The average molecular weight is 577 g/mol. The van der Waals surface area contributed by atoms with E-state index in [-0.39, 0.29) is 25.3 Å². The molecule has 0 aliphatic carbocycles. The number of nitrogens with one attached hydrogen (secondary N) is 1. The normalized spacial score (nSPS) is 14.6. The van der Waals surface area contributed by atoms with Crippen LogP contribution in [-0.4, -0.2) is 41.6 Å². The summed E-state index contributed by atoms with van der Waals surface area (Å²) in [7, 11) is 0. The van der Waals surface area contributed by atoms with E-state index in [0.29, 0.717) is 16.1 Å². The van der Waals surface area contributed by atoms with E-state index < -0.39 is 17.7 Å². The molecule has 2 aromatic carbocycles. The van der Waals surface area contributed by atoms with Crippen LogP contribution in [0.1, 0.15) is 59.5 Å². The highest BCUT2D eigenvalue weighted by Crippen LogP contribution is 2.33. The quantitative estimate of drug-likeness (QED) is 0.321. The molecule has 1 aliphatic rings. The number of hydrogen-bond donors (Lipinski definition) is 2. The van der Waals surface area contributed by atoms with Gasteiger partial charge in [0.25, 0.3) is 5.91 Å². The first-order chi connectivity index (χ1) is 17.2. The second kappa shape index (κ2) is 11.6. The van der Waals surface area contributed by atoms with E-state index in [2.05, 4.69) is 26.1 Å². The summed E-state index contributed by atoms with van der Waals surface area (Å²) in [6.07, 6.45) is 3.43. The molecule has 1 amide bonds. The lowest BCUT2D eigenvalue weighted by molar-refractivity contribution is -0.137. The smallest absolute Gasteiger partial charge is 0.303 e. The first-order valence-corrected chi connectivity index (χ1v) is 13.2.